The summed E-state index contributed by atoms with van der Waals surface area (Å²) in [6, 6.07) is 70.1. The number of fused-ring (bicyclic) bond motifs is 10. The van der Waals surface area contributed by atoms with Crippen molar-refractivity contribution in [2.45, 2.75) is 15.2 Å². The van der Waals surface area contributed by atoms with Crippen molar-refractivity contribution in [1.82, 2.24) is 9.97 Å². The minimum atomic E-state index is -0.469. The van der Waals surface area contributed by atoms with Gasteiger partial charge in [-0.2, -0.15) is 0 Å². The van der Waals surface area contributed by atoms with Crippen LogP contribution in [0.5, 0.6) is 0 Å². The fourth-order valence-electron chi connectivity index (χ4n) is 8.91. The van der Waals surface area contributed by atoms with Crippen molar-refractivity contribution in [2.24, 2.45) is 0 Å². The lowest BCUT2D eigenvalue weighted by atomic mass is 9.67. The first-order valence-corrected chi connectivity index (χ1v) is 19.2. The van der Waals surface area contributed by atoms with Crippen LogP contribution in [-0.2, 0) is 5.41 Å². The molecule has 0 atom stereocenters. The Morgan fingerprint density at radius 1 is 0.352 bits per heavy atom. The molecule has 0 radical (unpaired) electrons. The quantitative estimate of drug-likeness (QED) is 0.182. The second-order valence-corrected chi connectivity index (χ2v) is 15.1. The molecule has 1 spiro atoms. The van der Waals surface area contributed by atoms with Crippen LogP contribution in [0.4, 0.5) is 0 Å². The molecule has 0 saturated carbocycles. The van der Waals surface area contributed by atoms with E-state index in [9.17, 15) is 0 Å². The molecule has 3 heteroatoms. The Balaban J connectivity index is 1.18. The van der Waals surface area contributed by atoms with Crippen molar-refractivity contribution in [1.29, 1.82) is 0 Å². The molecule has 1 aliphatic carbocycles. The monoisotopic (exact) mass is 704 g/mol. The fourth-order valence-corrected chi connectivity index (χ4v) is 10.2. The van der Waals surface area contributed by atoms with Gasteiger partial charge in [-0.1, -0.05) is 194 Å². The number of benzene rings is 8. The number of hydrogen-bond donors (Lipinski definition) is 0. The molecule has 0 amide bonds. The molecule has 2 nitrogen and oxygen atoms in total. The summed E-state index contributed by atoms with van der Waals surface area (Å²) in [5.41, 5.74) is 14.8. The van der Waals surface area contributed by atoms with Gasteiger partial charge in [-0.05, 0) is 67.4 Å². The van der Waals surface area contributed by atoms with Crippen molar-refractivity contribution in [3.8, 4) is 56.2 Å². The van der Waals surface area contributed by atoms with Crippen LogP contribution in [0.25, 0.3) is 66.9 Å². The average molecular weight is 705 g/mol. The Bertz CT molecular complexity index is 2870. The van der Waals surface area contributed by atoms with Gasteiger partial charge < -0.3 is 0 Å². The predicted molar refractivity (Wildman–Crippen MR) is 223 cm³/mol. The van der Waals surface area contributed by atoms with E-state index >= 15 is 0 Å². The number of hydrogen-bond acceptors (Lipinski definition) is 3. The van der Waals surface area contributed by atoms with Gasteiger partial charge in [-0.15, -0.1) is 0 Å². The molecule has 1 aliphatic heterocycles. The van der Waals surface area contributed by atoms with Gasteiger partial charge in [0.05, 0.1) is 16.8 Å². The highest BCUT2D eigenvalue weighted by Crippen LogP contribution is 2.63. The Hall–Kier alpha value is -6.55. The smallest absolute Gasteiger partial charge is 0.161 e. The van der Waals surface area contributed by atoms with E-state index in [1.54, 1.807) is 0 Å². The average Bonchev–Trinajstić information content (AvgIpc) is 3.54. The topological polar surface area (TPSA) is 25.8 Å². The first-order valence-electron chi connectivity index (χ1n) is 18.4. The maximum atomic E-state index is 5.50. The summed E-state index contributed by atoms with van der Waals surface area (Å²) in [7, 11) is 0. The zero-order valence-corrected chi connectivity index (χ0v) is 30.1. The third-order valence-electron chi connectivity index (χ3n) is 11.2. The van der Waals surface area contributed by atoms with Gasteiger partial charge >= 0.3 is 0 Å². The Kier molecular flexibility index (Phi) is 7.05. The van der Waals surface area contributed by atoms with Gasteiger partial charge in [-0.25, -0.2) is 9.97 Å². The van der Waals surface area contributed by atoms with Crippen LogP contribution in [0.15, 0.2) is 204 Å². The van der Waals surface area contributed by atoms with E-state index in [4.69, 9.17) is 9.97 Å². The third kappa shape index (κ3) is 4.55. The van der Waals surface area contributed by atoms with E-state index in [0.717, 1.165) is 33.9 Å². The highest BCUT2D eigenvalue weighted by atomic mass is 32.2. The molecular weight excluding hydrogens is 673 g/mol. The number of aromatic nitrogens is 2. The van der Waals surface area contributed by atoms with Crippen molar-refractivity contribution >= 4 is 22.5 Å². The lowest BCUT2D eigenvalue weighted by molar-refractivity contribution is 0.723. The minimum Gasteiger partial charge on any atom is -0.228 e. The highest BCUT2D eigenvalue weighted by molar-refractivity contribution is 7.99. The Morgan fingerprint density at radius 3 is 1.59 bits per heavy atom. The molecule has 8 aromatic carbocycles. The molecule has 0 unspecified atom stereocenters. The molecule has 0 saturated heterocycles. The molecule has 2 heterocycles. The summed E-state index contributed by atoms with van der Waals surface area (Å²) in [6.45, 7) is 0. The van der Waals surface area contributed by atoms with Crippen LogP contribution >= 0.6 is 11.8 Å². The molecule has 0 bridgehead atoms. The number of nitrogens with zero attached hydrogens (tertiary/aromatic N) is 2. The number of rotatable bonds is 4. The summed E-state index contributed by atoms with van der Waals surface area (Å²) in [5.74, 6) is 0.723. The lowest BCUT2D eigenvalue weighted by Crippen LogP contribution is -2.32. The third-order valence-corrected chi connectivity index (χ3v) is 12.4. The summed E-state index contributed by atoms with van der Waals surface area (Å²) in [5, 5.41) is 2.37. The van der Waals surface area contributed by atoms with Crippen molar-refractivity contribution in [3.63, 3.8) is 0 Å². The molecule has 0 N–H and O–H groups in total. The molecule has 9 aromatic rings. The Morgan fingerprint density at radius 2 is 0.870 bits per heavy atom. The summed E-state index contributed by atoms with van der Waals surface area (Å²) in [6.07, 6.45) is 0. The lowest BCUT2D eigenvalue weighted by Gasteiger charge is -2.40. The fraction of sp³-hybridized carbons (Fsp3) is 0.0196. The van der Waals surface area contributed by atoms with E-state index in [2.05, 4.69) is 194 Å². The minimum absolute atomic E-state index is 0.469. The van der Waals surface area contributed by atoms with E-state index < -0.39 is 5.41 Å². The van der Waals surface area contributed by atoms with Crippen LogP contribution in [0.3, 0.4) is 0 Å². The van der Waals surface area contributed by atoms with Crippen LogP contribution in [-0.4, -0.2) is 9.97 Å². The Labute approximate surface area is 318 Å². The van der Waals surface area contributed by atoms with E-state index in [0.29, 0.717) is 0 Å². The zero-order chi connectivity index (χ0) is 35.6. The summed E-state index contributed by atoms with van der Waals surface area (Å²) < 4.78 is 0. The predicted octanol–water partition coefficient (Wildman–Crippen LogP) is 13.1. The van der Waals surface area contributed by atoms with Crippen LogP contribution < -0.4 is 0 Å². The molecule has 1 aromatic heterocycles. The highest BCUT2D eigenvalue weighted by Gasteiger charge is 2.50. The molecule has 11 rings (SSSR count). The van der Waals surface area contributed by atoms with Gasteiger partial charge in [0.2, 0.25) is 0 Å². The zero-order valence-electron chi connectivity index (χ0n) is 29.3. The van der Waals surface area contributed by atoms with E-state index in [1.807, 2.05) is 11.8 Å². The maximum Gasteiger partial charge on any atom is 0.161 e. The first-order chi connectivity index (χ1) is 26.8. The van der Waals surface area contributed by atoms with Gasteiger partial charge in [-0.3, -0.25) is 0 Å². The molecular formula is C51H32N2S. The van der Waals surface area contributed by atoms with E-state index in [1.165, 1.54) is 65.1 Å². The summed E-state index contributed by atoms with van der Waals surface area (Å²) >= 11 is 1.84. The van der Waals surface area contributed by atoms with Crippen LogP contribution in [0, 0.1) is 0 Å². The second-order valence-electron chi connectivity index (χ2n) is 14.0. The van der Waals surface area contributed by atoms with Crippen molar-refractivity contribution in [2.75, 3.05) is 0 Å². The first kappa shape index (κ1) is 31.0. The van der Waals surface area contributed by atoms with Gasteiger partial charge in [0.1, 0.15) is 0 Å². The second kappa shape index (κ2) is 12.3. The van der Waals surface area contributed by atoms with Gasteiger partial charge in [0.15, 0.2) is 5.82 Å². The molecule has 2 aliphatic rings. The normalized spacial score (nSPS) is 13.3. The van der Waals surface area contributed by atoms with E-state index in [-0.39, 0.29) is 0 Å². The van der Waals surface area contributed by atoms with Crippen LogP contribution in [0.1, 0.15) is 22.3 Å². The molecule has 252 valence electrons. The van der Waals surface area contributed by atoms with Crippen molar-refractivity contribution in [3.05, 3.63) is 216 Å². The SMILES string of the molecule is c1ccc(-c2cc(-c3ccc(-c4ccccc4)c4ccccc34)nc(-c3cccc4c3Sc3ccccc3C43c4ccccc4-c4ccccc43)n2)cc1. The van der Waals surface area contributed by atoms with Gasteiger partial charge in [0.25, 0.3) is 0 Å². The largest absolute Gasteiger partial charge is 0.228 e. The molecule has 54 heavy (non-hydrogen) atoms. The maximum absolute atomic E-state index is 5.50. The van der Waals surface area contributed by atoms with Crippen LogP contribution in [0.2, 0.25) is 0 Å². The standard InChI is InChI=1S/C51H32N2S/c1-3-16-33(17-4-1)35-30-31-40(37-21-8-7-20-36(35)37)47-32-46(34-18-5-2-6-19-34)52-50(53-47)41-24-15-28-45-49(41)54-48-29-14-13-27-44(48)51(45)42-25-11-9-22-38(42)39-23-10-12-26-43(39)51/h1-32H. The van der Waals surface area contributed by atoms with Crippen molar-refractivity contribution < 1.29 is 0 Å². The molecule has 0 fully saturated rings. The van der Waals surface area contributed by atoms with Gasteiger partial charge in [0, 0.05) is 26.5 Å². The summed E-state index contributed by atoms with van der Waals surface area (Å²) in [4.78, 5) is 13.3.